The summed E-state index contributed by atoms with van der Waals surface area (Å²) >= 11 is 0. The standard InChI is InChI=1S/C26H23F3O5S/c1-33-24(30)25(14-15-25)20-8-12-23(13-9-20)35(31,32)17-19-4-10-22(11-5-19)34-16-18-2-6-21(7-3-18)26(27,28)29/h2-13H,14-17H2,1H3. The Kier molecular flexibility index (Phi) is 6.64. The van der Waals surface area contributed by atoms with Crippen molar-refractivity contribution in [2.75, 3.05) is 7.11 Å². The summed E-state index contributed by atoms with van der Waals surface area (Å²) in [7, 11) is -2.27. The zero-order valence-corrected chi connectivity index (χ0v) is 19.7. The second-order valence-electron chi connectivity index (χ2n) is 8.48. The molecule has 1 saturated carbocycles. The fraction of sp³-hybridized carbons (Fsp3) is 0.269. The molecule has 1 fully saturated rings. The Morgan fingerprint density at radius 1 is 0.886 bits per heavy atom. The van der Waals surface area contributed by atoms with Gasteiger partial charge in [-0.05, 0) is 65.9 Å². The molecule has 9 heteroatoms. The number of sulfone groups is 1. The first kappa shape index (κ1) is 24.8. The van der Waals surface area contributed by atoms with Gasteiger partial charge in [-0.3, -0.25) is 4.79 Å². The molecule has 184 valence electrons. The van der Waals surface area contributed by atoms with Gasteiger partial charge >= 0.3 is 12.1 Å². The van der Waals surface area contributed by atoms with Crippen LogP contribution in [-0.2, 0) is 43.3 Å². The molecule has 0 atom stereocenters. The van der Waals surface area contributed by atoms with Gasteiger partial charge in [-0.15, -0.1) is 0 Å². The number of benzene rings is 3. The molecule has 0 radical (unpaired) electrons. The van der Waals surface area contributed by atoms with Crippen molar-refractivity contribution in [2.45, 2.75) is 41.7 Å². The average molecular weight is 505 g/mol. The first-order valence-corrected chi connectivity index (χ1v) is 12.5. The maximum Gasteiger partial charge on any atom is 0.416 e. The van der Waals surface area contributed by atoms with E-state index in [9.17, 15) is 26.4 Å². The molecular weight excluding hydrogens is 481 g/mol. The van der Waals surface area contributed by atoms with E-state index in [-0.39, 0.29) is 23.2 Å². The predicted molar refractivity (Wildman–Crippen MR) is 122 cm³/mol. The van der Waals surface area contributed by atoms with Gasteiger partial charge in [-0.25, -0.2) is 8.42 Å². The quantitative estimate of drug-likeness (QED) is 0.381. The Balaban J connectivity index is 1.37. The lowest BCUT2D eigenvalue weighted by Gasteiger charge is -2.13. The fourth-order valence-corrected chi connectivity index (χ4v) is 5.20. The molecule has 0 unspecified atom stereocenters. The highest BCUT2D eigenvalue weighted by atomic mass is 32.2. The van der Waals surface area contributed by atoms with Crippen LogP contribution in [0, 0.1) is 0 Å². The van der Waals surface area contributed by atoms with Crippen molar-refractivity contribution in [1.29, 1.82) is 0 Å². The van der Waals surface area contributed by atoms with Gasteiger partial charge in [-0.1, -0.05) is 36.4 Å². The highest BCUT2D eigenvalue weighted by Gasteiger charge is 2.52. The summed E-state index contributed by atoms with van der Waals surface area (Å²) in [5, 5.41) is 0. The van der Waals surface area contributed by atoms with E-state index in [0.29, 0.717) is 29.7 Å². The topological polar surface area (TPSA) is 69.7 Å². The molecular formula is C26H23F3O5S. The molecule has 1 aliphatic carbocycles. The molecule has 0 aromatic heterocycles. The minimum Gasteiger partial charge on any atom is -0.489 e. The third-order valence-corrected chi connectivity index (χ3v) is 7.76. The molecule has 0 aliphatic heterocycles. The predicted octanol–water partition coefficient (Wildman–Crippen LogP) is 5.46. The molecule has 0 saturated heterocycles. The van der Waals surface area contributed by atoms with Gasteiger partial charge in [0.25, 0.3) is 0 Å². The number of alkyl halides is 3. The van der Waals surface area contributed by atoms with Crippen LogP contribution in [0.4, 0.5) is 13.2 Å². The highest BCUT2D eigenvalue weighted by Crippen LogP contribution is 2.49. The summed E-state index contributed by atoms with van der Waals surface area (Å²) in [6.45, 7) is 0.0786. The Morgan fingerprint density at radius 2 is 1.46 bits per heavy atom. The number of hydrogen-bond donors (Lipinski definition) is 0. The molecule has 0 amide bonds. The van der Waals surface area contributed by atoms with E-state index in [1.165, 1.54) is 31.4 Å². The minimum absolute atomic E-state index is 0.0786. The summed E-state index contributed by atoms with van der Waals surface area (Å²) in [6.07, 6.45) is -3.03. The summed E-state index contributed by atoms with van der Waals surface area (Å²) in [6, 6.07) is 17.5. The van der Waals surface area contributed by atoms with Crippen LogP contribution < -0.4 is 4.74 Å². The lowest BCUT2D eigenvalue weighted by Crippen LogP contribution is -2.21. The van der Waals surface area contributed by atoms with Crippen LogP contribution in [0.25, 0.3) is 0 Å². The van der Waals surface area contributed by atoms with E-state index < -0.39 is 27.0 Å². The van der Waals surface area contributed by atoms with E-state index in [1.54, 1.807) is 36.4 Å². The highest BCUT2D eigenvalue weighted by molar-refractivity contribution is 7.90. The van der Waals surface area contributed by atoms with Gasteiger partial charge in [0.15, 0.2) is 9.84 Å². The lowest BCUT2D eigenvalue weighted by molar-refractivity contribution is -0.143. The SMILES string of the molecule is COC(=O)C1(c2ccc(S(=O)(=O)Cc3ccc(OCc4ccc(C(F)(F)F)cc4)cc3)cc2)CC1. The maximum atomic E-state index is 12.9. The molecule has 5 nitrogen and oxygen atoms in total. The summed E-state index contributed by atoms with van der Waals surface area (Å²) < 4.78 is 74.1. The molecule has 3 aromatic carbocycles. The molecule has 4 rings (SSSR count). The van der Waals surface area contributed by atoms with Crippen LogP contribution in [0.3, 0.4) is 0 Å². The summed E-state index contributed by atoms with van der Waals surface area (Å²) in [5.74, 6) is -0.0603. The number of esters is 1. The molecule has 0 bridgehead atoms. The van der Waals surface area contributed by atoms with Crippen LogP contribution in [0.1, 0.15) is 35.1 Å². The summed E-state index contributed by atoms with van der Waals surface area (Å²) in [4.78, 5) is 12.2. The van der Waals surface area contributed by atoms with Gasteiger partial charge in [-0.2, -0.15) is 13.2 Å². The first-order valence-electron chi connectivity index (χ1n) is 10.8. The molecule has 3 aromatic rings. The van der Waals surface area contributed by atoms with Crippen molar-refractivity contribution in [3.8, 4) is 5.75 Å². The summed E-state index contributed by atoms with van der Waals surface area (Å²) in [5.41, 5.74) is 0.500. The molecule has 0 spiro atoms. The van der Waals surface area contributed by atoms with Gasteiger partial charge in [0.1, 0.15) is 12.4 Å². The lowest BCUT2D eigenvalue weighted by atomic mass is 9.96. The number of methoxy groups -OCH3 is 1. The van der Waals surface area contributed by atoms with Gasteiger partial charge in [0, 0.05) is 0 Å². The number of carbonyl (C=O) groups excluding carboxylic acids is 1. The number of halogens is 3. The average Bonchev–Trinajstić information content (AvgIpc) is 3.65. The second kappa shape index (κ2) is 9.37. The van der Waals surface area contributed by atoms with Crippen molar-refractivity contribution in [1.82, 2.24) is 0 Å². The minimum atomic E-state index is -4.39. The van der Waals surface area contributed by atoms with Crippen molar-refractivity contribution < 1.29 is 35.9 Å². The molecule has 35 heavy (non-hydrogen) atoms. The second-order valence-corrected chi connectivity index (χ2v) is 10.5. The number of carbonyl (C=O) groups is 1. The van der Waals surface area contributed by atoms with Gasteiger partial charge < -0.3 is 9.47 Å². The van der Waals surface area contributed by atoms with Crippen molar-refractivity contribution in [3.63, 3.8) is 0 Å². The Bertz CT molecular complexity index is 1290. The molecule has 0 N–H and O–H groups in total. The Hall–Kier alpha value is -3.33. The normalized spacial score (nSPS) is 14.9. The molecule has 0 heterocycles. The monoisotopic (exact) mass is 504 g/mol. The third kappa shape index (κ3) is 5.51. The van der Waals surface area contributed by atoms with E-state index in [0.717, 1.165) is 17.7 Å². The third-order valence-electron chi connectivity index (χ3n) is 6.06. The van der Waals surface area contributed by atoms with Crippen LogP contribution in [0.5, 0.6) is 5.75 Å². The van der Waals surface area contributed by atoms with Crippen LogP contribution in [0.15, 0.2) is 77.7 Å². The smallest absolute Gasteiger partial charge is 0.416 e. The Labute approximate surface area is 201 Å². The van der Waals surface area contributed by atoms with E-state index >= 15 is 0 Å². The zero-order valence-electron chi connectivity index (χ0n) is 18.8. The molecule has 1 aliphatic rings. The van der Waals surface area contributed by atoms with Crippen molar-refractivity contribution in [3.05, 3.63) is 95.1 Å². The maximum absolute atomic E-state index is 12.9. The number of hydrogen-bond acceptors (Lipinski definition) is 5. The van der Waals surface area contributed by atoms with Crippen LogP contribution >= 0.6 is 0 Å². The van der Waals surface area contributed by atoms with Crippen LogP contribution in [0.2, 0.25) is 0 Å². The fourth-order valence-electron chi connectivity index (χ4n) is 3.85. The number of ether oxygens (including phenoxy) is 2. The first-order chi connectivity index (χ1) is 16.5. The largest absolute Gasteiger partial charge is 0.489 e. The van der Waals surface area contributed by atoms with E-state index in [2.05, 4.69) is 0 Å². The van der Waals surface area contributed by atoms with Crippen LogP contribution in [-0.4, -0.2) is 21.5 Å². The number of rotatable bonds is 8. The van der Waals surface area contributed by atoms with Crippen molar-refractivity contribution in [2.24, 2.45) is 0 Å². The van der Waals surface area contributed by atoms with Crippen molar-refractivity contribution >= 4 is 15.8 Å². The van der Waals surface area contributed by atoms with Gasteiger partial charge in [0.05, 0.1) is 28.7 Å². The zero-order chi connectivity index (χ0) is 25.3. The van der Waals surface area contributed by atoms with E-state index in [4.69, 9.17) is 9.47 Å². The van der Waals surface area contributed by atoms with Gasteiger partial charge in [0.2, 0.25) is 0 Å². The Morgan fingerprint density at radius 3 is 1.97 bits per heavy atom. The van der Waals surface area contributed by atoms with E-state index in [1.807, 2.05) is 0 Å².